The lowest BCUT2D eigenvalue weighted by Crippen LogP contribution is -2.13. The maximum Gasteiger partial charge on any atom is 0.266 e. The fourth-order valence-electron chi connectivity index (χ4n) is 3.43. The van der Waals surface area contributed by atoms with E-state index in [1.807, 2.05) is 19.9 Å². The molecule has 1 amide bonds. The summed E-state index contributed by atoms with van der Waals surface area (Å²) in [5.41, 5.74) is 2.09. The van der Waals surface area contributed by atoms with Gasteiger partial charge in [0.25, 0.3) is 5.91 Å². The number of hydrogen-bond donors (Lipinski definition) is 1. The number of nitriles is 2. The number of methoxy groups -OCH3 is 1. The zero-order chi connectivity index (χ0) is 22.5. The van der Waals surface area contributed by atoms with E-state index in [4.69, 9.17) is 9.47 Å². The lowest BCUT2D eigenvalue weighted by Gasteiger charge is -2.16. The summed E-state index contributed by atoms with van der Waals surface area (Å²) >= 11 is 4.90. The van der Waals surface area contributed by atoms with Gasteiger partial charge in [0.05, 0.1) is 23.2 Å². The summed E-state index contributed by atoms with van der Waals surface area (Å²) in [5.74, 6) is 0.500. The highest BCUT2D eigenvalue weighted by molar-refractivity contribution is 9.10. The first-order chi connectivity index (χ1) is 14.9. The van der Waals surface area contributed by atoms with E-state index in [1.165, 1.54) is 24.5 Å². The molecule has 0 unspecified atom stereocenters. The van der Waals surface area contributed by atoms with Gasteiger partial charge in [0.1, 0.15) is 22.7 Å². The van der Waals surface area contributed by atoms with Gasteiger partial charge in [0.2, 0.25) is 0 Å². The van der Waals surface area contributed by atoms with Crippen molar-refractivity contribution in [3.05, 3.63) is 43.7 Å². The Labute approximate surface area is 194 Å². The summed E-state index contributed by atoms with van der Waals surface area (Å²) < 4.78 is 11.8. The maximum atomic E-state index is 12.8. The molecule has 8 heteroatoms. The van der Waals surface area contributed by atoms with Crippen LogP contribution in [-0.4, -0.2) is 19.1 Å². The van der Waals surface area contributed by atoms with E-state index < -0.39 is 5.91 Å². The summed E-state index contributed by atoms with van der Waals surface area (Å²) in [4.78, 5) is 14.0. The first kappa shape index (κ1) is 22.9. The molecule has 2 aromatic rings. The third kappa shape index (κ3) is 5.10. The minimum atomic E-state index is -0.546. The van der Waals surface area contributed by atoms with Gasteiger partial charge in [-0.05, 0) is 84.8 Å². The standard InChI is InChI=1S/C23H22BrN3O3S/c1-13(2)30-21-18(24)9-14(10-19(21)29-3)8-15(11-25)22(28)27-23-17(12-26)16-6-4-5-7-20(16)31-23/h8-10,13H,4-7H2,1-3H3,(H,27,28)/b15-8+. The van der Waals surface area contributed by atoms with Gasteiger partial charge in [-0.25, -0.2) is 0 Å². The number of nitrogens with one attached hydrogen (secondary N) is 1. The molecule has 1 heterocycles. The molecule has 0 radical (unpaired) electrons. The zero-order valence-electron chi connectivity index (χ0n) is 17.5. The maximum absolute atomic E-state index is 12.8. The Hall–Kier alpha value is -2.81. The van der Waals surface area contributed by atoms with E-state index in [-0.39, 0.29) is 11.7 Å². The number of anilines is 1. The number of thiophene rings is 1. The molecular weight excluding hydrogens is 478 g/mol. The topological polar surface area (TPSA) is 95.1 Å². The van der Waals surface area contributed by atoms with Gasteiger partial charge in [0, 0.05) is 4.88 Å². The van der Waals surface area contributed by atoms with Gasteiger partial charge in [-0.15, -0.1) is 11.3 Å². The Morgan fingerprint density at radius 1 is 1.29 bits per heavy atom. The Morgan fingerprint density at radius 3 is 2.68 bits per heavy atom. The second-order valence-corrected chi connectivity index (χ2v) is 9.31. The minimum absolute atomic E-state index is 0.0435. The molecule has 1 aromatic carbocycles. The SMILES string of the molecule is COc1cc(/C=C(\C#N)C(=O)Nc2sc3c(c2C#N)CCCC3)cc(Br)c1OC(C)C. The largest absolute Gasteiger partial charge is 0.493 e. The van der Waals surface area contributed by atoms with Crippen molar-refractivity contribution in [2.45, 2.75) is 45.6 Å². The molecule has 6 nitrogen and oxygen atoms in total. The second-order valence-electron chi connectivity index (χ2n) is 7.35. The summed E-state index contributed by atoms with van der Waals surface area (Å²) in [7, 11) is 1.53. The van der Waals surface area contributed by atoms with Crippen LogP contribution in [0.15, 0.2) is 22.2 Å². The highest BCUT2D eigenvalue weighted by Crippen LogP contribution is 2.39. The number of hydrogen-bond acceptors (Lipinski definition) is 6. The van der Waals surface area contributed by atoms with Crippen molar-refractivity contribution in [2.24, 2.45) is 0 Å². The van der Waals surface area contributed by atoms with Crippen LogP contribution in [0, 0.1) is 22.7 Å². The predicted molar refractivity (Wildman–Crippen MR) is 124 cm³/mol. The number of aryl methyl sites for hydroxylation is 1. The molecule has 0 fully saturated rings. The van der Waals surface area contributed by atoms with E-state index in [1.54, 1.807) is 12.1 Å². The molecule has 1 aliphatic carbocycles. The van der Waals surface area contributed by atoms with Crippen LogP contribution >= 0.6 is 27.3 Å². The van der Waals surface area contributed by atoms with Gasteiger partial charge in [-0.3, -0.25) is 4.79 Å². The number of fused-ring (bicyclic) bond motifs is 1. The van der Waals surface area contributed by atoms with E-state index >= 15 is 0 Å². The van der Waals surface area contributed by atoms with Crippen LogP contribution in [0.2, 0.25) is 0 Å². The van der Waals surface area contributed by atoms with E-state index in [9.17, 15) is 15.3 Å². The van der Waals surface area contributed by atoms with Crippen molar-refractivity contribution in [1.29, 1.82) is 10.5 Å². The average Bonchev–Trinajstić information content (AvgIpc) is 3.09. The molecule has 0 spiro atoms. The van der Waals surface area contributed by atoms with Crippen molar-refractivity contribution in [2.75, 3.05) is 12.4 Å². The summed E-state index contributed by atoms with van der Waals surface area (Å²) in [6, 6.07) is 7.64. The highest BCUT2D eigenvalue weighted by atomic mass is 79.9. The van der Waals surface area contributed by atoms with E-state index in [0.29, 0.717) is 32.1 Å². The number of carbonyl (C=O) groups is 1. The zero-order valence-corrected chi connectivity index (χ0v) is 19.9. The Bertz CT molecular complexity index is 1120. The van der Waals surface area contributed by atoms with Crippen molar-refractivity contribution in [3.8, 4) is 23.6 Å². The van der Waals surface area contributed by atoms with E-state index in [2.05, 4.69) is 27.3 Å². The number of nitrogens with zero attached hydrogens (tertiary/aromatic N) is 2. The molecule has 0 saturated carbocycles. The Kier molecular flexibility index (Phi) is 7.37. The van der Waals surface area contributed by atoms with Crippen LogP contribution in [0.3, 0.4) is 0 Å². The molecule has 1 aromatic heterocycles. The van der Waals surface area contributed by atoms with Gasteiger partial charge >= 0.3 is 0 Å². The number of rotatable bonds is 6. The third-order valence-electron chi connectivity index (χ3n) is 4.79. The molecule has 0 aliphatic heterocycles. The normalized spacial score (nSPS) is 13.2. The Balaban J connectivity index is 1.90. The first-order valence-corrected chi connectivity index (χ1v) is 11.5. The molecule has 1 N–H and O–H groups in total. The molecular formula is C23H22BrN3O3S. The molecule has 0 atom stereocenters. The smallest absolute Gasteiger partial charge is 0.266 e. The fraction of sp³-hybridized carbons (Fsp3) is 0.348. The Morgan fingerprint density at radius 2 is 2.03 bits per heavy atom. The summed E-state index contributed by atoms with van der Waals surface area (Å²) in [5, 5.41) is 22.4. The molecule has 1 aliphatic rings. The number of benzene rings is 1. The number of halogens is 1. The van der Waals surface area contributed by atoms with Crippen LogP contribution in [-0.2, 0) is 17.6 Å². The number of amides is 1. The summed E-state index contributed by atoms with van der Waals surface area (Å²) in [6.07, 6.45) is 5.35. The van der Waals surface area contributed by atoms with E-state index in [0.717, 1.165) is 36.1 Å². The van der Waals surface area contributed by atoms with Gasteiger partial charge in [-0.1, -0.05) is 0 Å². The van der Waals surface area contributed by atoms with Crippen LogP contribution in [0.25, 0.3) is 6.08 Å². The molecule has 160 valence electrons. The van der Waals surface area contributed by atoms with Crippen LogP contribution in [0.1, 0.15) is 48.3 Å². The van der Waals surface area contributed by atoms with Crippen LogP contribution in [0.5, 0.6) is 11.5 Å². The highest BCUT2D eigenvalue weighted by Gasteiger charge is 2.23. The van der Waals surface area contributed by atoms with Crippen LogP contribution < -0.4 is 14.8 Å². The first-order valence-electron chi connectivity index (χ1n) is 9.89. The number of carbonyl (C=O) groups excluding carboxylic acids is 1. The fourth-order valence-corrected chi connectivity index (χ4v) is 5.22. The second kappa shape index (κ2) is 10.00. The molecule has 0 bridgehead atoms. The minimum Gasteiger partial charge on any atom is -0.493 e. The lowest BCUT2D eigenvalue weighted by molar-refractivity contribution is -0.112. The molecule has 0 saturated heterocycles. The lowest BCUT2D eigenvalue weighted by atomic mass is 9.96. The molecule has 3 rings (SSSR count). The number of ether oxygens (including phenoxy) is 2. The predicted octanol–water partition coefficient (Wildman–Crippen LogP) is 5.60. The van der Waals surface area contributed by atoms with Crippen molar-refractivity contribution in [3.63, 3.8) is 0 Å². The summed E-state index contributed by atoms with van der Waals surface area (Å²) in [6.45, 7) is 3.82. The van der Waals surface area contributed by atoms with Gasteiger partial charge in [0.15, 0.2) is 11.5 Å². The monoisotopic (exact) mass is 499 g/mol. The third-order valence-corrected chi connectivity index (χ3v) is 6.59. The van der Waals surface area contributed by atoms with Crippen molar-refractivity contribution in [1.82, 2.24) is 0 Å². The average molecular weight is 500 g/mol. The van der Waals surface area contributed by atoms with Gasteiger partial charge in [-0.2, -0.15) is 10.5 Å². The quantitative estimate of drug-likeness (QED) is 0.412. The van der Waals surface area contributed by atoms with Crippen molar-refractivity contribution >= 4 is 44.3 Å². The molecule has 31 heavy (non-hydrogen) atoms. The van der Waals surface area contributed by atoms with Crippen molar-refractivity contribution < 1.29 is 14.3 Å². The van der Waals surface area contributed by atoms with Gasteiger partial charge < -0.3 is 14.8 Å². The van der Waals surface area contributed by atoms with Crippen LogP contribution in [0.4, 0.5) is 5.00 Å².